The van der Waals surface area contributed by atoms with Gasteiger partial charge in [-0.15, -0.1) is 6.58 Å². The van der Waals surface area contributed by atoms with Crippen molar-refractivity contribution in [2.75, 3.05) is 6.61 Å². The third-order valence-electron chi connectivity index (χ3n) is 8.85. The van der Waals surface area contributed by atoms with Crippen molar-refractivity contribution in [1.29, 1.82) is 0 Å². The zero-order valence-electron chi connectivity index (χ0n) is 20.9. The Balaban J connectivity index is 1.24. The van der Waals surface area contributed by atoms with Gasteiger partial charge < -0.3 is 9.47 Å². The number of ether oxygens (including phenoxy) is 2. The van der Waals surface area contributed by atoms with Crippen LogP contribution in [0.3, 0.4) is 0 Å². The molecule has 1 aromatic carbocycles. The van der Waals surface area contributed by atoms with Crippen LogP contribution in [0.1, 0.15) is 77.0 Å². The predicted octanol–water partition coefficient (Wildman–Crippen LogP) is 8.04. The van der Waals surface area contributed by atoms with Gasteiger partial charge in [-0.25, -0.2) is 8.78 Å². The standard InChI is InChI=1S/C30H40F2O3/c1-3-5-6-20-7-8-25-17-24(14-13-23(25)16-20)21-9-11-22(12-10-21)30(33)35-26-18-27(31)29(28(32)19-26)34-15-4-2/h3-4,18-25H,1-2,5-17H2. The lowest BCUT2D eigenvalue weighted by Crippen LogP contribution is -2.35. The Morgan fingerprint density at radius 2 is 1.46 bits per heavy atom. The van der Waals surface area contributed by atoms with Crippen molar-refractivity contribution >= 4 is 5.97 Å². The molecule has 0 bridgehead atoms. The molecule has 4 unspecified atom stereocenters. The summed E-state index contributed by atoms with van der Waals surface area (Å²) >= 11 is 0. The van der Waals surface area contributed by atoms with Crippen molar-refractivity contribution in [2.45, 2.75) is 77.0 Å². The van der Waals surface area contributed by atoms with Gasteiger partial charge in [0.1, 0.15) is 12.4 Å². The minimum atomic E-state index is -0.885. The summed E-state index contributed by atoms with van der Waals surface area (Å²) < 4.78 is 38.7. The van der Waals surface area contributed by atoms with E-state index in [0.29, 0.717) is 5.92 Å². The minimum Gasteiger partial charge on any atom is -0.483 e. The van der Waals surface area contributed by atoms with Crippen LogP contribution in [0, 0.1) is 47.1 Å². The van der Waals surface area contributed by atoms with Gasteiger partial charge in [-0.1, -0.05) is 25.2 Å². The van der Waals surface area contributed by atoms with E-state index >= 15 is 0 Å². The fourth-order valence-corrected chi connectivity index (χ4v) is 6.97. The van der Waals surface area contributed by atoms with Crippen LogP contribution >= 0.6 is 0 Å². The highest BCUT2D eigenvalue weighted by molar-refractivity contribution is 5.75. The van der Waals surface area contributed by atoms with Crippen LogP contribution in [0.4, 0.5) is 8.78 Å². The second-order valence-corrected chi connectivity index (χ2v) is 11.0. The van der Waals surface area contributed by atoms with Gasteiger partial charge in [-0.3, -0.25) is 4.79 Å². The molecule has 0 N–H and O–H groups in total. The Hall–Kier alpha value is -2.17. The van der Waals surface area contributed by atoms with E-state index < -0.39 is 17.4 Å². The van der Waals surface area contributed by atoms with Gasteiger partial charge in [0, 0.05) is 12.1 Å². The van der Waals surface area contributed by atoms with E-state index in [9.17, 15) is 13.6 Å². The average molecular weight is 487 g/mol. The van der Waals surface area contributed by atoms with E-state index in [1.165, 1.54) is 51.0 Å². The maximum Gasteiger partial charge on any atom is 0.314 e. The largest absolute Gasteiger partial charge is 0.483 e. The summed E-state index contributed by atoms with van der Waals surface area (Å²) in [5.41, 5.74) is 0. The van der Waals surface area contributed by atoms with E-state index in [4.69, 9.17) is 9.47 Å². The molecule has 3 aliphatic rings. The monoisotopic (exact) mass is 486 g/mol. The first-order valence-corrected chi connectivity index (χ1v) is 13.5. The van der Waals surface area contributed by atoms with Crippen LogP contribution in [-0.2, 0) is 4.79 Å². The minimum absolute atomic E-state index is 0.00510. The summed E-state index contributed by atoms with van der Waals surface area (Å²) in [6, 6.07) is 2.02. The number of carbonyl (C=O) groups is 1. The number of carbonyl (C=O) groups excluding carboxylic acids is 1. The number of hydrogen-bond acceptors (Lipinski definition) is 3. The summed E-state index contributed by atoms with van der Waals surface area (Å²) in [5, 5.41) is 0. The van der Waals surface area contributed by atoms with Crippen molar-refractivity contribution in [1.82, 2.24) is 0 Å². The first kappa shape index (κ1) is 25.9. The number of fused-ring (bicyclic) bond motifs is 1. The number of rotatable bonds is 9. The molecule has 4 atom stereocenters. The Labute approximate surface area is 209 Å². The molecule has 0 radical (unpaired) electrons. The SMILES string of the molecule is C=CCCC1CCC2CC(C3CCC(C(=O)Oc4cc(F)c(OCC=C)c(F)c4)CC3)CCC2C1. The number of esters is 1. The highest BCUT2D eigenvalue weighted by Crippen LogP contribution is 2.49. The van der Waals surface area contributed by atoms with E-state index in [1.807, 2.05) is 0 Å². The topological polar surface area (TPSA) is 35.5 Å². The Morgan fingerprint density at radius 3 is 2.11 bits per heavy atom. The van der Waals surface area contributed by atoms with Crippen molar-refractivity contribution < 1.29 is 23.0 Å². The molecule has 0 aromatic heterocycles. The van der Waals surface area contributed by atoms with Crippen molar-refractivity contribution in [2.24, 2.45) is 35.5 Å². The third-order valence-corrected chi connectivity index (χ3v) is 8.85. The molecule has 3 nitrogen and oxygen atoms in total. The number of hydrogen-bond donors (Lipinski definition) is 0. The number of halogens is 2. The highest BCUT2D eigenvalue weighted by atomic mass is 19.1. The summed E-state index contributed by atoms with van der Waals surface area (Å²) in [4.78, 5) is 12.7. The molecule has 3 fully saturated rings. The van der Waals surface area contributed by atoms with Crippen LogP contribution in [0.25, 0.3) is 0 Å². The lowest BCUT2D eigenvalue weighted by atomic mass is 9.60. The summed E-state index contributed by atoms with van der Waals surface area (Å²) in [6.07, 6.45) is 17.8. The second kappa shape index (κ2) is 12.2. The summed E-state index contributed by atoms with van der Waals surface area (Å²) in [7, 11) is 0. The van der Waals surface area contributed by atoms with E-state index in [0.717, 1.165) is 67.9 Å². The first-order valence-electron chi connectivity index (χ1n) is 13.5. The van der Waals surface area contributed by atoms with E-state index in [1.54, 1.807) is 0 Å². The van der Waals surface area contributed by atoms with Gasteiger partial charge in [0.15, 0.2) is 17.4 Å². The van der Waals surface area contributed by atoms with Crippen LogP contribution in [-0.4, -0.2) is 12.6 Å². The molecule has 1 aromatic rings. The van der Waals surface area contributed by atoms with Gasteiger partial charge in [0.2, 0.25) is 0 Å². The maximum absolute atomic E-state index is 14.2. The van der Waals surface area contributed by atoms with E-state index in [-0.39, 0.29) is 24.2 Å². The second-order valence-electron chi connectivity index (χ2n) is 11.0. The molecule has 0 aliphatic heterocycles. The Bertz CT molecular complexity index is 867. The normalized spacial score (nSPS) is 30.7. The molecular weight excluding hydrogens is 446 g/mol. The maximum atomic E-state index is 14.2. The fourth-order valence-electron chi connectivity index (χ4n) is 6.97. The summed E-state index contributed by atoms with van der Waals surface area (Å²) in [6.45, 7) is 7.34. The van der Waals surface area contributed by atoms with Crippen LogP contribution in [0.15, 0.2) is 37.4 Å². The van der Waals surface area contributed by atoms with Crippen molar-refractivity contribution in [3.05, 3.63) is 49.1 Å². The number of allylic oxidation sites excluding steroid dienone is 1. The zero-order valence-corrected chi connectivity index (χ0v) is 20.9. The Morgan fingerprint density at radius 1 is 0.857 bits per heavy atom. The molecule has 0 saturated heterocycles. The molecule has 192 valence electrons. The van der Waals surface area contributed by atoms with Gasteiger partial charge in [-0.05, 0) is 100 Å². The number of benzene rings is 1. The van der Waals surface area contributed by atoms with Crippen molar-refractivity contribution in [3.63, 3.8) is 0 Å². The van der Waals surface area contributed by atoms with Crippen molar-refractivity contribution in [3.8, 4) is 11.5 Å². The van der Waals surface area contributed by atoms with Gasteiger partial charge in [0.25, 0.3) is 0 Å². The summed E-state index contributed by atoms with van der Waals surface area (Å²) in [5.74, 6) is 1.21. The van der Waals surface area contributed by atoms with Crippen LogP contribution in [0.5, 0.6) is 11.5 Å². The van der Waals surface area contributed by atoms with Crippen LogP contribution in [0.2, 0.25) is 0 Å². The molecule has 5 heteroatoms. The molecule has 4 rings (SSSR count). The average Bonchev–Trinajstić information content (AvgIpc) is 2.86. The Kier molecular flexibility index (Phi) is 9.02. The highest BCUT2D eigenvalue weighted by Gasteiger charge is 2.39. The smallest absolute Gasteiger partial charge is 0.314 e. The molecule has 0 amide bonds. The molecule has 35 heavy (non-hydrogen) atoms. The predicted molar refractivity (Wildman–Crippen MR) is 134 cm³/mol. The molecule has 3 aliphatic carbocycles. The molecule has 0 spiro atoms. The molecule has 3 saturated carbocycles. The van der Waals surface area contributed by atoms with E-state index in [2.05, 4.69) is 19.2 Å². The molecular formula is C30H40F2O3. The fraction of sp³-hybridized carbons (Fsp3) is 0.633. The lowest BCUT2D eigenvalue weighted by Gasteiger charge is -2.45. The van der Waals surface area contributed by atoms with Crippen LogP contribution < -0.4 is 9.47 Å². The van der Waals surface area contributed by atoms with Gasteiger partial charge >= 0.3 is 5.97 Å². The first-order chi connectivity index (χ1) is 17.0. The quantitative estimate of drug-likeness (QED) is 0.201. The zero-order chi connectivity index (χ0) is 24.8. The third kappa shape index (κ3) is 6.54. The van der Waals surface area contributed by atoms with Gasteiger partial charge in [0.05, 0.1) is 5.92 Å². The van der Waals surface area contributed by atoms with Gasteiger partial charge in [-0.2, -0.15) is 0 Å². The molecule has 0 heterocycles. The lowest BCUT2D eigenvalue weighted by molar-refractivity contribution is -0.140.